The van der Waals surface area contributed by atoms with Crippen molar-refractivity contribution in [2.45, 2.75) is 52.4 Å². The topological polar surface area (TPSA) is 70.7 Å². The van der Waals surface area contributed by atoms with Crippen LogP contribution in [0.15, 0.2) is 36.0 Å². The maximum absolute atomic E-state index is 13.5. The summed E-state index contributed by atoms with van der Waals surface area (Å²) in [7, 11) is 0. The number of morpholine rings is 1. The van der Waals surface area contributed by atoms with Crippen LogP contribution in [0.5, 0.6) is 0 Å². The summed E-state index contributed by atoms with van der Waals surface area (Å²) in [6.45, 7) is 9.06. The summed E-state index contributed by atoms with van der Waals surface area (Å²) in [6.07, 6.45) is 7.86. The third kappa shape index (κ3) is 3.80. The molecule has 2 aliphatic heterocycles. The van der Waals surface area contributed by atoms with Gasteiger partial charge in [0.2, 0.25) is 5.91 Å². The van der Waals surface area contributed by atoms with Crippen molar-refractivity contribution < 1.29 is 14.3 Å². The lowest BCUT2D eigenvalue weighted by Gasteiger charge is -2.58. The molecule has 1 aromatic rings. The highest BCUT2D eigenvalue weighted by molar-refractivity contribution is 5.93. The minimum Gasteiger partial charge on any atom is -0.387 e. The summed E-state index contributed by atoms with van der Waals surface area (Å²) in [5.74, 6) is 2.26. The number of nitrogens with one attached hydrogen (secondary N) is 2. The first-order chi connectivity index (χ1) is 16.9. The number of allylic oxidation sites excluding steroid dienone is 2. The number of ketones is 1. The van der Waals surface area contributed by atoms with E-state index < -0.39 is 0 Å². The average molecular weight is 478 g/mol. The van der Waals surface area contributed by atoms with Crippen LogP contribution in [0.3, 0.4) is 0 Å². The molecule has 0 radical (unpaired) electrons. The van der Waals surface area contributed by atoms with Crippen molar-refractivity contribution >= 4 is 23.1 Å². The summed E-state index contributed by atoms with van der Waals surface area (Å²) in [4.78, 5) is 27.9. The number of carbonyl (C=O) groups is 2. The lowest BCUT2D eigenvalue weighted by atomic mass is 9.50. The second-order valence-corrected chi connectivity index (χ2v) is 12.0. The van der Waals surface area contributed by atoms with E-state index in [-0.39, 0.29) is 28.4 Å². The van der Waals surface area contributed by atoms with Gasteiger partial charge >= 0.3 is 0 Å². The van der Waals surface area contributed by atoms with E-state index in [1.165, 1.54) is 11.4 Å². The molecule has 1 amide bonds. The van der Waals surface area contributed by atoms with Gasteiger partial charge in [-0.3, -0.25) is 9.59 Å². The van der Waals surface area contributed by atoms with Crippen molar-refractivity contribution in [1.29, 1.82) is 0 Å². The SMILES string of the molecule is C[C@]12CCC3C(CNC4=CC(=O)CC[C@@]43C)C1CCC2C(=O)Nc1ccc(N2CCOCC2)cc1. The van der Waals surface area contributed by atoms with E-state index in [0.29, 0.717) is 24.2 Å². The Balaban J connectivity index is 1.15. The molecular weight excluding hydrogens is 438 g/mol. The molecule has 188 valence electrons. The summed E-state index contributed by atoms with van der Waals surface area (Å²) >= 11 is 0. The van der Waals surface area contributed by atoms with Gasteiger partial charge in [0.25, 0.3) is 0 Å². The second-order valence-electron chi connectivity index (χ2n) is 12.0. The normalized spacial score (nSPS) is 38.5. The standard InChI is InChI=1S/C29H39N3O3/c1-28-12-10-24-22(18-30-26-17-21(33)9-11-29(24,26)2)23(28)7-8-25(28)27(34)31-19-3-5-20(6-4-19)32-13-15-35-16-14-32/h3-6,17,22-25,30H,7-16,18H2,1-2H3,(H,31,34)/t22?,23?,24?,25?,28-,29+/m0/s1. The molecule has 6 nitrogen and oxygen atoms in total. The Hall–Kier alpha value is -2.34. The molecule has 3 aliphatic carbocycles. The summed E-state index contributed by atoms with van der Waals surface area (Å²) in [6, 6.07) is 8.30. The molecule has 6 rings (SSSR count). The van der Waals surface area contributed by atoms with Crippen LogP contribution in [0, 0.1) is 34.5 Å². The average Bonchev–Trinajstić information content (AvgIpc) is 3.23. The number of benzene rings is 1. The molecule has 6 atom stereocenters. The first kappa shape index (κ1) is 23.1. The van der Waals surface area contributed by atoms with Crippen LogP contribution in [-0.4, -0.2) is 44.5 Å². The zero-order valence-electron chi connectivity index (χ0n) is 21.1. The van der Waals surface area contributed by atoms with Gasteiger partial charge in [-0.15, -0.1) is 0 Å². The van der Waals surface area contributed by atoms with Crippen molar-refractivity contribution in [2.75, 3.05) is 43.1 Å². The molecule has 2 saturated heterocycles. The van der Waals surface area contributed by atoms with E-state index in [1.54, 1.807) is 0 Å². The molecule has 5 aliphatic rings. The molecule has 2 heterocycles. The third-order valence-electron chi connectivity index (χ3n) is 10.4. The molecule has 4 fully saturated rings. The van der Waals surface area contributed by atoms with Gasteiger partial charge < -0.3 is 20.3 Å². The first-order valence-corrected chi connectivity index (χ1v) is 13.6. The molecule has 4 unspecified atom stereocenters. The van der Waals surface area contributed by atoms with Crippen molar-refractivity contribution in [2.24, 2.45) is 34.5 Å². The number of piperidine rings is 1. The largest absolute Gasteiger partial charge is 0.387 e. The highest BCUT2D eigenvalue weighted by atomic mass is 16.5. The van der Waals surface area contributed by atoms with Crippen molar-refractivity contribution in [1.82, 2.24) is 5.32 Å². The van der Waals surface area contributed by atoms with E-state index >= 15 is 0 Å². The predicted molar refractivity (Wildman–Crippen MR) is 137 cm³/mol. The molecule has 0 spiro atoms. The molecule has 2 N–H and O–H groups in total. The Morgan fingerprint density at radius 1 is 1.06 bits per heavy atom. The van der Waals surface area contributed by atoms with Crippen LogP contribution in [0.1, 0.15) is 52.4 Å². The Kier molecular flexibility index (Phi) is 5.70. The Labute approximate surface area is 208 Å². The van der Waals surface area contributed by atoms with Crippen LogP contribution in [0.25, 0.3) is 0 Å². The van der Waals surface area contributed by atoms with Crippen molar-refractivity contribution in [3.63, 3.8) is 0 Å². The number of hydrogen-bond acceptors (Lipinski definition) is 5. The summed E-state index contributed by atoms with van der Waals surface area (Å²) < 4.78 is 5.46. The van der Waals surface area contributed by atoms with Crippen molar-refractivity contribution in [3.05, 3.63) is 36.0 Å². The van der Waals surface area contributed by atoms with Crippen LogP contribution in [0.4, 0.5) is 11.4 Å². The number of nitrogens with zero attached hydrogens (tertiary/aromatic N) is 1. The number of hydrogen-bond donors (Lipinski definition) is 2. The van der Waals surface area contributed by atoms with E-state index in [2.05, 4.69) is 41.5 Å². The summed E-state index contributed by atoms with van der Waals surface area (Å²) in [5.41, 5.74) is 3.38. The molecule has 0 bridgehead atoms. The highest BCUT2D eigenvalue weighted by Crippen LogP contribution is 2.64. The Bertz CT molecular complexity index is 1030. The number of fused-ring (bicyclic) bond motifs is 5. The predicted octanol–water partition coefficient (Wildman–Crippen LogP) is 4.38. The lowest BCUT2D eigenvalue weighted by Crippen LogP contribution is -2.57. The monoisotopic (exact) mass is 477 g/mol. The molecule has 0 aromatic heterocycles. The van der Waals surface area contributed by atoms with Crippen LogP contribution >= 0.6 is 0 Å². The highest BCUT2D eigenvalue weighted by Gasteiger charge is 2.60. The van der Waals surface area contributed by atoms with Gasteiger partial charge in [0.15, 0.2) is 5.78 Å². The van der Waals surface area contributed by atoms with E-state index in [9.17, 15) is 9.59 Å². The fourth-order valence-electron chi connectivity index (χ4n) is 8.38. The minimum absolute atomic E-state index is 0.0444. The smallest absolute Gasteiger partial charge is 0.228 e. The number of anilines is 2. The Morgan fingerprint density at radius 3 is 2.60 bits per heavy atom. The lowest BCUT2D eigenvalue weighted by molar-refractivity contribution is -0.127. The zero-order valence-corrected chi connectivity index (χ0v) is 21.1. The maximum atomic E-state index is 13.5. The van der Waals surface area contributed by atoms with Gasteiger partial charge in [-0.25, -0.2) is 0 Å². The molecule has 1 aromatic carbocycles. The van der Waals surface area contributed by atoms with Crippen LogP contribution in [-0.2, 0) is 14.3 Å². The van der Waals surface area contributed by atoms with E-state index in [1.807, 2.05) is 18.2 Å². The number of rotatable bonds is 3. The van der Waals surface area contributed by atoms with E-state index in [0.717, 1.165) is 70.6 Å². The summed E-state index contributed by atoms with van der Waals surface area (Å²) in [5, 5.41) is 6.92. The first-order valence-electron chi connectivity index (χ1n) is 13.6. The minimum atomic E-state index is 0.0444. The number of ether oxygens (including phenoxy) is 1. The number of amides is 1. The molecular formula is C29H39N3O3. The molecule has 6 heteroatoms. The van der Waals surface area contributed by atoms with E-state index in [4.69, 9.17) is 4.74 Å². The quantitative estimate of drug-likeness (QED) is 0.676. The van der Waals surface area contributed by atoms with Gasteiger partial charge in [-0.05, 0) is 79.5 Å². The molecule has 2 saturated carbocycles. The Morgan fingerprint density at radius 2 is 1.83 bits per heavy atom. The van der Waals surface area contributed by atoms with Gasteiger partial charge in [0.1, 0.15) is 0 Å². The van der Waals surface area contributed by atoms with Gasteiger partial charge in [-0.1, -0.05) is 13.8 Å². The second kappa shape index (κ2) is 8.65. The van der Waals surface area contributed by atoms with Crippen LogP contribution < -0.4 is 15.5 Å². The number of carbonyl (C=O) groups excluding carboxylic acids is 2. The van der Waals surface area contributed by atoms with Gasteiger partial charge in [0.05, 0.1) is 13.2 Å². The fourth-order valence-corrected chi connectivity index (χ4v) is 8.38. The zero-order chi connectivity index (χ0) is 24.2. The maximum Gasteiger partial charge on any atom is 0.228 e. The fraction of sp³-hybridized carbons (Fsp3) is 0.655. The third-order valence-corrected chi connectivity index (χ3v) is 10.4. The van der Waals surface area contributed by atoms with Crippen molar-refractivity contribution in [3.8, 4) is 0 Å². The van der Waals surface area contributed by atoms with Gasteiger partial charge in [0, 0.05) is 60.5 Å². The molecule has 35 heavy (non-hydrogen) atoms. The van der Waals surface area contributed by atoms with Crippen LogP contribution in [0.2, 0.25) is 0 Å². The van der Waals surface area contributed by atoms with Gasteiger partial charge in [-0.2, -0.15) is 0 Å².